The molecule has 0 fully saturated rings. The minimum atomic E-state index is -1.63. The van der Waals surface area contributed by atoms with Gasteiger partial charge in [0.25, 0.3) is 5.88 Å². The molecule has 0 amide bonds. The molecule has 1 heterocycles. The maximum Gasteiger partial charge on any atom is 0.490 e. The third-order valence-corrected chi connectivity index (χ3v) is 1.43. The third-order valence-electron chi connectivity index (χ3n) is 1.43. The molecule has 0 aliphatic carbocycles. The van der Waals surface area contributed by atoms with Crippen LogP contribution in [0.3, 0.4) is 0 Å². The van der Waals surface area contributed by atoms with Gasteiger partial charge in [0.15, 0.2) is 5.75 Å². The predicted octanol–water partition coefficient (Wildman–Crippen LogP) is -1.13. The van der Waals surface area contributed by atoms with E-state index in [1.807, 2.05) is 0 Å². The summed E-state index contributed by atoms with van der Waals surface area (Å²) in [4.78, 5) is 3.70. The molecule has 0 aromatic carbocycles. The van der Waals surface area contributed by atoms with Gasteiger partial charge < -0.3 is 19.9 Å². The molecule has 0 saturated carbocycles. The highest BCUT2D eigenvalue weighted by molar-refractivity contribution is 6.58. The predicted molar refractivity (Wildman–Crippen MR) is 46.9 cm³/mol. The Morgan fingerprint density at radius 2 is 2.23 bits per heavy atom. The lowest BCUT2D eigenvalue weighted by atomic mass is 9.82. The fraction of sp³-hybridized carbons (Fsp3) is 0.286. The third kappa shape index (κ3) is 2.33. The number of pyridine rings is 1. The van der Waals surface area contributed by atoms with E-state index < -0.39 is 7.12 Å². The van der Waals surface area contributed by atoms with Gasteiger partial charge in [0.05, 0.1) is 6.61 Å². The van der Waals surface area contributed by atoms with Gasteiger partial charge in [-0.25, -0.2) is 4.98 Å². The van der Waals surface area contributed by atoms with Crippen molar-refractivity contribution in [2.45, 2.75) is 6.92 Å². The van der Waals surface area contributed by atoms with Gasteiger partial charge in [-0.3, -0.25) is 0 Å². The molecule has 3 N–H and O–H groups in total. The standard InChI is InChI=1S/C7H10BNO4/c1-2-13-7-6(10)3-5(4-9-7)8(11)12/h3-4,10-12H,2H2,1H3. The fourth-order valence-corrected chi connectivity index (χ4v) is 0.845. The zero-order valence-electron chi connectivity index (χ0n) is 7.14. The van der Waals surface area contributed by atoms with E-state index in [0.717, 1.165) is 0 Å². The summed E-state index contributed by atoms with van der Waals surface area (Å²) in [6.07, 6.45) is 1.23. The van der Waals surface area contributed by atoms with Gasteiger partial charge in [-0.2, -0.15) is 0 Å². The summed E-state index contributed by atoms with van der Waals surface area (Å²) in [5.41, 5.74) is 0.126. The summed E-state index contributed by atoms with van der Waals surface area (Å²) in [7, 11) is -1.63. The molecule has 0 bridgehead atoms. The van der Waals surface area contributed by atoms with Crippen LogP contribution in [-0.4, -0.2) is 33.9 Å². The Kier molecular flexibility index (Phi) is 3.10. The highest BCUT2D eigenvalue weighted by Gasteiger charge is 2.14. The lowest BCUT2D eigenvalue weighted by molar-refractivity contribution is 0.305. The van der Waals surface area contributed by atoms with Crippen LogP contribution in [-0.2, 0) is 0 Å². The quantitative estimate of drug-likeness (QED) is 0.516. The Balaban J connectivity index is 2.92. The minimum absolute atomic E-state index is 0.0897. The summed E-state index contributed by atoms with van der Waals surface area (Å²) in [5, 5.41) is 26.7. The molecule has 0 aliphatic rings. The monoisotopic (exact) mass is 183 g/mol. The van der Waals surface area contributed by atoms with E-state index in [2.05, 4.69) is 4.98 Å². The number of aromatic nitrogens is 1. The molecule has 0 saturated heterocycles. The molecular weight excluding hydrogens is 173 g/mol. The number of hydrogen-bond acceptors (Lipinski definition) is 5. The van der Waals surface area contributed by atoms with Crippen molar-refractivity contribution in [3.63, 3.8) is 0 Å². The average Bonchev–Trinajstić information content (AvgIpc) is 2.08. The lowest BCUT2D eigenvalue weighted by Crippen LogP contribution is -2.30. The van der Waals surface area contributed by atoms with Crippen molar-refractivity contribution in [1.29, 1.82) is 0 Å². The molecule has 1 aromatic rings. The van der Waals surface area contributed by atoms with Gasteiger partial charge in [-0.05, 0) is 13.0 Å². The van der Waals surface area contributed by atoms with Gasteiger partial charge in [-0.1, -0.05) is 0 Å². The Bertz CT molecular complexity index is 292. The average molecular weight is 183 g/mol. The second-order valence-corrected chi connectivity index (χ2v) is 2.40. The van der Waals surface area contributed by atoms with Crippen molar-refractivity contribution in [2.24, 2.45) is 0 Å². The normalized spacial score (nSPS) is 9.77. The van der Waals surface area contributed by atoms with Crippen LogP contribution in [0.4, 0.5) is 0 Å². The summed E-state index contributed by atoms with van der Waals surface area (Å²) in [6.45, 7) is 2.15. The van der Waals surface area contributed by atoms with Crippen LogP contribution < -0.4 is 10.2 Å². The first kappa shape index (κ1) is 9.82. The first-order valence-electron chi connectivity index (χ1n) is 3.83. The molecule has 0 atom stereocenters. The maximum absolute atomic E-state index is 9.26. The Morgan fingerprint density at radius 1 is 1.54 bits per heavy atom. The van der Waals surface area contributed by atoms with Gasteiger partial charge in [0.1, 0.15) is 0 Å². The zero-order chi connectivity index (χ0) is 9.84. The summed E-state index contributed by atoms with van der Waals surface area (Å²) in [5.74, 6) is -0.112. The Labute approximate surface area is 75.8 Å². The van der Waals surface area contributed by atoms with Gasteiger partial charge in [-0.15, -0.1) is 0 Å². The number of nitrogens with zero attached hydrogens (tertiary/aromatic N) is 1. The van der Waals surface area contributed by atoms with Crippen LogP contribution in [0.1, 0.15) is 6.92 Å². The molecule has 1 aromatic heterocycles. The topological polar surface area (TPSA) is 82.8 Å². The van der Waals surface area contributed by atoms with Crippen LogP contribution in [0.5, 0.6) is 11.6 Å². The fourth-order valence-electron chi connectivity index (χ4n) is 0.845. The van der Waals surface area contributed by atoms with Gasteiger partial charge in [0, 0.05) is 11.7 Å². The second-order valence-electron chi connectivity index (χ2n) is 2.40. The van der Waals surface area contributed by atoms with E-state index in [0.29, 0.717) is 6.61 Å². The molecule has 0 radical (unpaired) electrons. The van der Waals surface area contributed by atoms with Crippen LogP contribution in [0, 0.1) is 0 Å². The van der Waals surface area contributed by atoms with Crippen LogP contribution in [0.2, 0.25) is 0 Å². The first-order valence-corrected chi connectivity index (χ1v) is 3.83. The number of hydrogen-bond donors (Lipinski definition) is 3. The Hall–Kier alpha value is -1.27. The van der Waals surface area contributed by atoms with Crippen molar-refractivity contribution >= 4 is 12.6 Å². The van der Waals surface area contributed by atoms with Crippen molar-refractivity contribution in [3.05, 3.63) is 12.3 Å². The molecule has 0 aliphatic heterocycles. The summed E-state index contributed by atoms with van der Waals surface area (Å²) >= 11 is 0. The molecule has 70 valence electrons. The smallest absolute Gasteiger partial charge is 0.490 e. The lowest BCUT2D eigenvalue weighted by Gasteiger charge is -2.05. The minimum Gasteiger partial charge on any atom is -0.503 e. The summed E-state index contributed by atoms with van der Waals surface area (Å²) in [6, 6.07) is 1.20. The van der Waals surface area contributed by atoms with Gasteiger partial charge >= 0.3 is 7.12 Å². The highest BCUT2D eigenvalue weighted by atomic mass is 16.5. The van der Waals surface area contributed by atoms with E-state index in [4.69, 9.17) is 14.8 Å². The zero-order valence-corrected chi connectivity index (χ0v) is 7.14. The molecule has 6 heteroatoms. The van der Waals surface area contributed by atoms with E-state index in [1.165, 1.54) is 12.3 Å². The van der Waals surface area contributed by atoms with Crippen LogP contribution in [0.25, 0.3) is 0 Å². The molecule has 0 spiro atoms. The van der Waals surface area contributed by atoms with Crippen LogP contribution in [0.15, 0.2) is 12.3 Å². The molecule has 5 nitrogen and oxygen atoms in total. The summed E-state index contributed by atoms with van der Waals surface area (Å²) < 4.78 is 4.95. The number of aromatic hydroxyl groups is 1. The van der Waals surface area contributed by atoms with E-state index in [-0.39, 0.29) is 17.1 Å². The van der Waals surface area contributed by atoms with Crippen LogP contribution >= 0.6 is 0 Å². The largest absolute Gasteiger partial charge is 0.503 e. The van der Waals surface area contributed by atoms with Gasteiger partial charge in [0.2, 0.25) is 0 Å². The second kappa shape index (κ2) is 4.11. The SMILES string of the molecule is CCOc1ncc(B(O)O)cc1O. The van der Waals surface area contributed by atoms with Crippen molar-refractivity contribution < 1.29 is 19.9 Å². The van der Waals surface area contributed by atoms with E-state index in [9.17, 15) is 5.11 Å². The Morgan fingerprint density at radius 3 is 2.69 bits per heavy atom. The van der Waals surface area contributed by atoms with Crippen molar-refractivity contribution in [2.75, 3.05) is 6.61 Å². The maximum atomic E-state index is 9.26. The molecule has 0 unspecified atom stereocenters. The number of rotatable bonds is 3. The molecule has 1 rings (SSSR count). The van der Waals surface area contributed by atoms with Crippen molar-refractivity contribution in [1.82, 2.24) is 4.98 Å². The molecule has 13 heavy (non-hydrogen) atoms. The first-order chi connectivity index (χ1) is 6.15. The highest BCUT2D eigenvalue weighted by Crippen LogP contribution is 2.19. The number of ether oxygens (including phenoxy) is 1. The van der Waals surface area contributed by atoms with E-state index >= 15 is 0 Å². The van der Waals surface area contributed by atoms with Crippen molar-refractivity contribution in [3.8, 4) is 11.6 Å². The van der Waals surface area contributed by atoms with E-state index in [1.54, 1.807) is 6.92 Å². The molecular formula is C7H10BNO4.